The number of carbonyl (C=O) groups excluding carboxylic acids is 1. The predicted molar refractivity (Wildman–Crippen MR) is 82.4 cm³/mol. The van der Waals surface area contributed by atoms with Gasteiger partial charge in [-0.05, 0) is 55.0 Å². The Morgan fingerprint density at radius 3 is 2.76 bits per heavy atom. The Balaban J connectivity index is 1.91. The number of aryl methyl sites for hydroxylation is 1. The van der Waals surface area contributed by atoms with Gasteiger partial charge in [0.25, 0.3) is 0 Å². The number of hydrogen-bond donors (Lipinski definition) is 0. The van der Waals surface area contributed by atoms with E-state index in [1.54, 1.807) is 19.1 Å². The maximum atomic E-state index is 13.3. The maximum Gasteiger partial charge on any atom is 0.182 e. The van der Waals surface area contributed by atoms with Crippen molar-refractivity contribution in [1.82, 2.24) is 4.57 Å². The van der Waals surface area contributed by atoms with E-state index in [0.717, 1.165) is 10.9 Å². The first kappa shape index (κ1) is 13.8. The maximum absolute atomic E-state index is 13.3. The van der Waals surface area contributed by atoms with Crippen LogP contribution >= 0.6 is 11.6 Å². The summed E-state index contributed by atoms with van der Waals surface area (Å²) in [6, 6.07) is 11.9. The molecule has 106 valence electrons. The van der Waals surface area contributed by atoms with E-state index < -0.39 is 0 Å². The Morgan fingerprint density at radius 2 is 2.00 bits per heavy atom. The van der Waals surface area contributed by atoms with Crippen LogP contribution in [0.15, 0.2) is 48.7 Å². The molecule has 0 spiro atoms. The third kappa shape index (κ3) is 2.69. The minimum Gasteiger partial charge on any atom is -0.340 e. The lowest BCUT2D eigenvalue weighted by Crippen LogP contribution is -2.10. The van der Waals surface area contributed by atoms with Gasteiger partial charge in [0.2, 0.25) is 0 Å². The van der Waals surface area contributed by atoms with Crippen molar-refractivity contribution in [1.29, 1.82) is 0 Å². The Labute approximate surface area is 126 Å². The molecule has 0 aliphatic carbocycles. The fourth-order valence-corrected chi connectivity index (χ4v) is 2.55. The lowest BCUT2D eigenvalue weighted by Gasteiger charge is -2.06. The molecule has 0 atom stereocenters. The number of aromatic nitrogens is 1. The summed E-state index contributed by atoms with van der Waals surface area (Å²) in [7, 11) is 0. The number of halogens is 2. The number of fused-ring (bicyclic) bond motifs is 1. The smallest absolute Gasteiger partial charge is 0.182 e. The zero-order chi connectivity index (χ0) is 15.0. The highest BCUT2D eigenvalue weighted by Crippen LogP contribution is 2.21. The number of carbonyl (C=O) groups is 1. The topological polar surface area (TPSA) is 22.0 Å². The normalized spacial score (nSPS) is 11.0. The van der Waals surface area contributed by atoms with E-state index in [1.165, 1.54) is 12.1 Å². The van der Waals surface area contributed by atoms with E-state index >= 15 is 0 Å². The van der Waals surface area contributed by atoms with Crippen molar-refractivity contribution in [3.8, 4) is 0 Å². The SMILES string of the molecule is Cc1cc(C(=O)Cn2ccc3cc(Cl)ccc32)ccc1F. The lowest BCUT2D eigenvalue weighted by atomic mass is 10.1. The molecule has 0 saturated carbocycles. The molecule has 0 N–H and O–H groups in total. The lowest BCUT2D eigenvalue weighted by molar-refractivity contribution is 0.0973. The van der Waals surface area contributed by atoms with Gasteiger partial charge in [-0.2, -0.15) is 0 Å². The third-order valence-corrected chi connectivity index (χ3v) is 3.76. The van der Waals surface area contributed by atoms with E-state index in [-0.39, 0.29) is 18.1 Å². The zero-order valence-corrected chi connectivity index (χ0v) is 12.2. The predicted octanol–water partition coefficient (Wildman–Crippen LogP) is 4.63. The Hall–Kier alpha value is -2.13. The fraction of sp³-hybridized carbons (Fsp3) is 0.118. The van der Waals surface area contributed by atoms with Gasteiger partial charge in [-0.3, -0.25) is 4.79 Å². The average molecular weight is 302 g/mol. The van der Waals surface area contributed by atoms with Crippen molar-refractivity contribution in [2.75, 3.05) is 0 Å². The number of ketones is 1. The van der Waals surface area contributed by atoms with Crippen LogP contribution in [0.25, 0.3) is 10.9 Å². The van der Waals surface area contributed by atoms with E-state index in [1.807, 2.05) is 29.0 Å². The summed E-state index contributed by atoms with van der Waals surface area (Å²) >= 11 is 5.95. The summed E-state index contributed by atoms with van der Waals surface area (Å²) in [5.74, 6) is -0.349. The van der Waals surface area contributed by atoms with Gasteiger partial charge in [0.15, 0.2) is 5.78 Å². The van der Waals surface area contributed by atoms with Crippen LogP contribution in [0.5, 0.6) is 0 Å². The second kappa shape index (κ2) is 5.34. The van der Waals surface area contributed by atoms with Crippen molar-refractivity contribution in [2.45, 2.75) is 13.5 Å². The van der Waals surface area contributed by atoms with Crippen molar-refractivity contribution in [2.24, 2.45) is 0 Å². The van der Waals surface area contributed by atoms with Crippen LogP contribution in [-0.4, -0.2) is 10.4 Å². The average Bonchev–Trinajstić information content (AvgIpc) is 2.84. The molecule has 0 saturated heterocycles. The molecule has 1 aromatic heterocycles. The van der Waals surface area contributed by atoms with Crippen LogP contribution in [0.2, 0.25) is 5.02 Å². The van der Waals surface area contributed by atoms with Crippen LogP contribution < -0.4 is 0 Å². The van der Waals surface area contributed by atoms with Crippen molar-refractivity contribution in [3.63, 3.8) is 0 Å². The van der Waals surface area contributed by atoms with E-state index in [9.17, 15) is 9.18 Å². The van der Waals surface area contributed by atoms with Crippen LogP contribution in [0.4, 0.5) is 4.39 Å². The molecule has 0 amide bonds. The van der Waals surface area contributed by atoms with Crippen molar-refractivity contribution >= 4 is 28.3 Å². The molecular formula is C17H13ClFNO. The van der Waals surface area contributed by atoms with E-state index in [2.05, 4.69) is 0 Å². The van der Waals surface area contributed by atoms with Gasteiger partial charge in [-0.25, -0.2) is 4.39 Å². The first-order chi connectivity index (χ1) is 10.0. The van der Waals surface area contributed by atoms with Gasteiger partial charge in [0, 0.05) is 27.7 Å². The number of benzene rings is 2. The number of hydrogen-bond acceptors (Lipinski definition) is 1. The van der Waals surface area contributed by atoms with Gasteiger partial charge in [-0.15, -0.1) is 0 Å². The van der Waals surface area contributed by atoms with Gasteiger partial charge in [-0.1, -0.05) is 11.6 Å². The van der Waals surface area contributed by atoms with E-state index in [0.29, 0.717) is 16.1 Å². The Morgan fingerprint density at radius 1 is 1.19 bits per heavy atom. The zero-order valence-electron chi connectivity index (χ0n) is 11.4. The second-order valence-corrected chi connectivity index (χ2v) is 5.47. The molecule has 0 unspecified atom stereocenters. The quantitative estimate of drug-likeness (QED) is 0.647. The highest BCUT2D eigenvalue weighted by atomic mass is 35.5. The summed E-state index contributed by atoms with van der Waals surface area (Å²) < 4.78 is 15.1. The van der Waals surface area contributed by atoms with Gasteiger partial charge < -0.3 is 4.57 Å². The molecule has 0 aliphatic heterocycles. The van der Waals surface area contributed by atoms with Crippen LogP contribution in [0.1, 0.15) is 15.9 Å². The van der Waals surface area contributed by atoms with Crippen LogP contribution in [-0.2, 0) is 6.54 Å². The molecule has 21 heavy (non-hydrogen) atoms. The first-order valence-corrected chi connectivity index (χ1v) is 6.96. The Kier molecular flexibility index (Phi) is 3.52. The summed E-state index contributed by atoms with van der Waals surface area (Å²) in [6.07, 6.45) is 1.86. The monoisotopic (exact) mass is 301 g/mol. The van der Waals surface area contributed by atoms with Crippen LogP contribution in [0, 0.1) is 12.7 Å². The molecule has 0 radical (unpaired) electrons. The molecule has 2 aromatic carbocycles. The summed E-state index contributed by atoms with van der Waals surface area (Å²) in [5.41, 5.74) is 1.95. The van der Waals surface area contributed by atoms with Gasteiger partial charge in [0.1, 0.15) is 5.82 Å². The standard InChI is InChI=1S/C17H13ClFNO/c1-11-8-13(2-4-15(11)19)17(21)10-20-7-6-12-9-14(18)3-5-16(12)20/h2-9H,10H2,1H3. The molecule has 0 aliphatic rings. The molecular weight excluding hydrogens is 289 g/mol. The number of Topliss-reactive ketones (excluding diaryl/α,β-unsaturated/α-hetero) is 1. The molecule has 4 heteroatoms. The largest absolute Gasteiger partial charge is 0.340 e. The first-order valence-electron chi connectivity index (χ1n) is 6.58. The molecule has 1 heterocycles. The van der Waals surface area contributed by atoms with Crippen molar-refractivity contribution < 1.29 is 9.18 Å². The van der Waals surface area contributed by atoms with Crippen molar-refractivity contribution in [3.05, 3.63) is 70.6 Å². The fourth-order valence-electron chi connectivity index (χ4n) is 2.37. The molecule has 0 fully saturated rings. The third-order valence-electron chi connectivity index (χ3n) is 3.53. The minimum absolute atomic E-state index is 0.0504. The molecule has 3 aromatic rings. The van der Waals surface area contributed by atoms with Gasteiger partial charge in [0.05, 0.1) is 6.54 Å². The highest BCUT2D eigenvalue weighted by Gasteiger charge is 2.10. The minimum atomic E-state index is -0.299. The number of rotatable bonds is 3. The van der Waals surface area contributed by atoms with Gasteiger partial charge >= 0.3 is 0 Å². The second-order valence-electron chi connectivity index (χ2n) is 5.03. The molecule has 2 nitrogen and oxygen atoms in total. The summed E-state index contributed by atoms with van der Waals surface area (Å²) in [6.45, 7) is 1.87. The molecule has 0 bridgehead atoms. The number of nitrogens with zero attached hydrogens (tertiary/aromatic N) is 1. The highest BCUT2D eigenvalue weighted by molar-refractivity contribution is 6.31. The van der Waals surface area contributed by atoms with E-state index in [4.69, 9.17) is 11.6 Å². The summed E-state index contributed by atoms with van der Waals surface area (Å²) in [4.78, 5) is 12.3. The molecule has 3 rings (SSSR count). The summed E-state index contributed by atoms with van der Waals surface area (Å²) in [5, 5.41) is 1.66. The van der Waals surface area contributed by atoms with Crippen LogP contribution in [0.3, 0.4) is 0 Å². The Bertz CT molecular complexity index is 838.